The number of hydrogen-bond donors (Lipinski definition) is 1. The second-order valence-corrected chi connectivity index (χ2v) is 6.51. The van der Waals surface area contributed by atoms with Crippen LogP contribution in [-0.4, -0.2) is 79.8 Å². The number of carbonyl (C=O) groups excluding carboxylic acids is 1. The molecule has 6 nitrogen and oxygen atoms in total. The van der Waals surface area contributed by atoms with Crippen LogP contribution in [0.5, 0.6) is 5.75 Å². The van der Waals surface area contributed by atoms with Crippen molar-refractivity contribution in [1.29, 1.82) is 0 Å². The van der Waals surface area contributed by atoms with Gasteiger partial charge in [0.05, 0.1) is 7.11 Å². The summed E-state index contributed by atoms with van der Waals surface area (Å²) < 4.78 is 5.21. The summed E-state index contributed by atoms with van der Waals surface area (Å²) in [6, 6.07) is 8.64. The van der Waals surface area contributed by atoms with Gasteiger partial charge >= 0.3 is 0 Å². The van der Waals surface area contributed by atoms with Gasteiger partial charge < -0.3 is 19.6 Å². The van der Waals surface area contributed by atoms with E-state index in [0.29, 0.717) is 6.04 Å². The smallest absolute Gasteiger partial charge is 0.248 e. The van der Waals surface area contributed by atoms with E-state index in [9.17, 15) is 4.79 Å². The van der Waals surface area contributed by atoms with Crippen LogP contribution in [-0.2, 0) is 4.79 Å². The van der Waals surface area contributed by atoms with Gasteiger partial charge in [0.1, 0.15) is 12.4 Å². The zero-order valence-corrected chi connectivity index (χ0v) is 14.4. The summed E-state index contributed by atoms with van der Waals surface area (Å²) in [6.07, 6.45) is 2.16. The van der Waals surface area contributed by atoms with Crippen LogP contribution in [0, 0.1) is 0 Å². The zero-order chi connectivity index (χ0) is 16.9. The molecule has 1 aromatic carbocycles. The minimum atomic E-state index is -0.377. The van der Waals surface area contributed by atoms with Crippen molar-refractivity contribution in [2.75, 3.05) is 57.9 Å². The molecule has 0 aliphatic carbocycles. The molecule has 2 heterocycles. The number of aliphatic hydroxyl groups excluding tert-OH is 1. The van der Waals surface area contributed by atoms with E-state index in [1.807, 2.05) is 17.0 Å². The van der Waals surface area contributed by atoms with Crippen molar-refractivity contribution in [3.05, 3.63) is 24.3 Å². The molecule has 0 spiro atoms. The lowest BCUT2D eigenvalue weighted by Gasteiger charge is -2.43. The van der Waals surface area contributed by atoms with Gasteiger partial charge in [0, 0.05) is 51.0 Å². The van der Waals surface area contributed by atoms with E-state index in [1.54, 1.807) is 7.11 Å². The molecule has 1 aromatic rings. The van der Waals surface area contributed by atoms with E-state index in [-0.39, 0.29) is 12.5 Å². The van der Waals surface area contributed by atoms with Gasteiger partial charge in [-0.1, -0.05) is 0 Å². The van der Waals surface area contributed by atoms with Gasteiger partial charge in [0.2, 0.25) is 5.91 Å². The van der Waals surface area contributed by atoms with Crippen LogP contribution in [0.1, 0.15) is 12.8 Å². The maximum Gasteiger partial charge on any atom is 0.248 e. The monoisotopic (exact) mass is 333 g/mol. The molecule has 0 unspecified atom stereocenters. The standard InChI is InChI=1S/C18H27N3O3/c1-24-17-6-4-15(5-7-17)19-9-11-20(12-10-19)16-3-2-8-21(13-16)18(23)14-22/h4-7,16,22H,2-3,8-14H2,1H3/t16-/m1/s1. The van der Waals surface area contributed by atoms with Crippen LogP contribution in [0.4, 0.5) is 5.69 Å². The number of piperazine rings is 1. The average Bonchev–Trinajstić information content (AvgIpc) is 2.67. The maximum atomic E-state index is 11.7. The van der Waals surface area contributed by atoms with Crippen LogP contribution in [0.3, 0.4) is 0 Å². The maximum absolute atomic E-state index is 11.7. The first-order chi connectivity index (χ1) is 11.7. The summed E-state index contributed by atoms with van der Waals surface area (Å²) in [4.78, 5) is 18.4. The van der Waals surface area contributed by atoms with Crippen LogP contribution in [0.15, 0.2) is 24.3 Å². The molecule has 2 aliphatic rings. The zero-order valence-electron chi connectivity index (χ0n) is 14.4. The van der Waals surface area contributed by atoms with E-state index in [0.717, 1.165) is 57.9 Å². The number of hydrogen-bond acceptors (Lipinski definition) is 5. The van der Waals surface area contributed by atoms with Crippen LogP contribution in [0.25, 0.3) is 0 Å². The van der Waals surface area contributed by atoms with Crippen molar-refractivity contribution >= 4 is 11.6 Å². The molecular formula is C18H27N3O3. The van der Waals surface area contributed by atoms with Crippen molar-refractivity contribution in [1.82, 2.24) is 9.80 Å². The molecule has 132 valence electrons. The second kappa shape index (κ2) is 7.85. The minimum Gasteiger partial charge on any atom is -0.497 e. The van der Waals surface area contributed by atoms with Crippen LogP contribution >= 0.6 is 0 Å². The van der Waals surface area contributed by atoms with Crippen molar-refractivity contribution in [2.45, 2.75) is 18.9 Å². The normalized spacial score (nSPS) is 22.5. The summed E-state index contributed by atoms with van der Waals surface area (Å²) in [5.41, 5.74) is 1.23. The Hall–Kier alpha value is -1.79. The fourth-order valence-corrected chi connectivity index (χ4v) is 3.72. The fraction of sp³-hybridized carbons (Fsp3) is 0.611. The van der Waals surface area contributed by atoms with Gasteiger partial charge in [0.25, 0.3) is 0 Å². The van der Waals surface area contributed by atoms with E-state index in [2.05, 4.69) is 21.9 Å². The number of ether oxygens (including phenoxy) is 1. The first kappa shape index (κ1) is 17.0. The summed E-state index contributed by atoms with van der Waals surface area (Å²) in [7, 11) is 1.68. The van der Waals surface area contributed by atoms with Crippen molar-refractivity contribution in [2.24, 2.45) is 0 Å². The van der Waals surface area contributed by atoms with E-state index in [4.69, 9.17) is 9.84 Å². The number of aliphatic hydroxyl groups is 1. The number of anilines is 1. The van der Waals surface area contributed by atoms with Gasteiger partial charge in [-0.25, -0.2) is 0 Å². The first-order valence-corrected chi connectivity index (χ1v) is 8.73. The summed E-state index contributed by atoms with van der Waals surface area (Å²) >= 11 is 0. The highest BCUT2D eigenvalue weighted by Crippen LogP contribution is 2.23. The lowest BCUT2D eigenvalue weighted by Crippen LogP contribution is -2.56. The SMILES string of the molecule is COc1ccc(N2CCN([C@@H]3CCCN(C(=O)CO)C3)CC2)cc1. The number of carbonyl (C=O) groups is 1. The highest BCUT2D eigenvalue weighted by molar-refractivity contribution is 5.77. The van der Waals surface area contributed by atoms with E-state index < -0.39 is 0 Å². The van der Waals surface area contributed by atoms with Gasteiger partial charge in [0.15, 0.2) is 0 Å². The third-order valence-electron chi connectivity index (χ3n) is 5.15. The molecular weight excluding hydrogens is 306 g/mol. The number of likely N-dealkylation sites (tertiary alicyclic amines) is 1. The molecule has 24 heavy (non-hydrogen) atoms. The second-order valence-electron chi connectivity index (χ2n) is 6.51. The Kier molecular flexibility index (Phi) is 5.58. The van der Waals surface area contributed by atoms with Crippen molar-refractivity contribution in [3.63, 3.8) is 0 Å². The van der Waals surface area contributed by atoms with Gasteiger partial charge in [-0.2, -0.15) is 0 Å². The Balaban J connectivity index is 1.53. The quantitative estimate of drug-likeness (QED) is 0.883. The Morgan fingerprint density at radius 3 is 2.50 bits per heavy atom. The predicted octanol–water partition coefficient (Wildman–Crippen LogP) is 0.800. The summed E-state index contributed by atoms with van der Waals surface area (Å²) in [6.45, 7) is 5.17. The summed E-state index contributed by atoms with van der Waals surface area (Å²) in [5.74, 6) is 0.741. The molecule has 2 saturated heterocycles. The largest absolute Gasteiger partial charge is 0.497 e. The topological polar surface area (TPSA) is 56.2 Å². The number of piperidine rings is 1. The highest BCUT2D eigenvalue weighted by atomic mass is 16.5. The Labute approximate surface area is 143 Å². The number of benzene rings is 1. The molecule has 1 amide bonds. The predicted molar refractivity (Wildman–Crippen MR) is 93.5 cm³/mol. The number of amides is 1. The number of methoxy groups -OCH3 is 1. The fourth-order valence-electron chi connectivity index (χ4n) is 3.72. The number of nitrogens with zero attached hydrogens (tertiary/aromatic N) is 3. The third kappa shape index (κ3) is 3.82. The Morgan fingerprint density at radius 2 is 1.88 bits per heavy atom. The molecule has 3 rings (SSSR count). The first-order valence-electron chi connectivity index (χ1n) is 8.73. The average molecular weight is 333 g/mol. The molecule has 1 atom stereocenters. The lowest BCUT2D eigenvalue weighted by molar-refractivity contribution is -0.136. The molecule has 0 bridgehead atoms. The van der Waals surface area contributed by atoms with Gasteiger partial charge in [-0.3, -0.25) is 9.69 Å². The molecule has 0 radical (unpaired) electrons. The molecule has 2 aliphatic heterocycles. The van der Waals surface area contributed by atoms with Crippen molar-refractivity contribution in [3.8, 4) is 5.75 Å². The van der Waals surface area contributed by atoms with Gasteiger partial charge in [-0.05, 0) is 37.1 Å². The highest BCUT2D eigenvalue weighted by Gasteiger charge is 2.29. The van der Waals surface area contributed by atoms with Crippen molar-refractivity contribution < 1.29 is 14.6 Å². The lowest BCUT2D eigenvalue weighted by atomic mass is 10.0. The minimum absolute atomic E-state index is 0.142. The van der Waals surface area contributed by atoms with Crippen LogP contribution < -0.4 is 9.64 Å². The molecule has 0 saturated carbocycles. The Bertz CT molecular complexity index is 541. The summed E-state index contributed by atoms with van der Waals surface area (Å²) in [5, 5.41) is 9.06. The van der Waals surface area contributed by atoms with E-state index >= 15 is 0 Å². The molecule has 1 N–H and O–H groups in total. The van der Waals surface area contributed by atoms with Crippen LogP contribution in [0.2, 0.25) is 0 Å². The molecule has 2 fully saturated rings. The molecule has 0 aromatic heterocycles. The third-order valence-corrected chi connectivity index (χ3v) is 5.15. The van der Waals surface area contributed by atoms with Gasteiger partial charge in [-0.15, -0.1) is 0 Å². The Morgan fingerprint density at radius 1 is 1.17 bits per heavy atom. The number of rotatable bonds is 4. The molecule has 6 heteroatoms. The van der Waals surface area contributed by atoms with E-state index in [1.165, 1.54) is 5.69 Å².